The first-order chi connectivity index (χ1) is 12.1. The van der Waals surface area contributed by atoms with Gasteiger partial charge in [0.25, 0.3) is 0 Å². The number of benzene rings is 1. The van der Waals surface area contributed by atoms with Crippen LogP contribution in [0.1, 0.15) is 11.1 Å². The van der Waals surface area contributed by atoms with E-state index in [4.69, 9.17) is 24.3 Å². The summed E-state index contributed by atoms with van der Waals surface area (Å²) in [5.74, 6) is 1.56. The molecule has 1 heterocycles. The summed E-state index contributed by atoms with van der Waals surface area (Å²) in [5, 5.41) is 8.19. The molecular formula is C19H24N2O4. The highest BCUT2D eigenvalue weighted by Gasteiger charge is 2.00. The van der Waals surface area contributed by atoms with E-state index >= 15 is 0 Å². The topological polar surface area (TPSA) is 81.3 Å². The molecule has 0 fully saturated rings. The van der Waals surface area contributed by atoms with Gasteiger partial charge in [-0.15, -0.1) is 0 Å². The average molecular weight is 344 g/mol. The van der Waals surface area contributed by atoms with Crippen LogP contribution >= 0.6 is 0 Å². The van der Waals surface area contributed by atoms with Crippen LogP contribution in [0.4, 0.5) is 0 Å². The van der Waals surface area contributed by atoms with E-state index in [0.717, 1.165) is 17.1 Å². The lowest BCUT2D eigenvalue weighted by atomic mass is 10.2. The molecule has 0 aliphatic heterocycles. The first kappa shape index (κ1) is 23.9. The summed E-state index contributed by atoms with van der Waals surface area (Å²) in [6, 6.07) is 9.72. The van der Waals surface area contributed by atoms with E-state index in [2.05, 4.69) is 0 Å². The van der Waals surface area contributed by atoms with Gasteiger partial charge < -0.3 is 23.6 Å². The zero-order chi connectivity index (χ0) is 19.7. The molecule has 0 bridgehead atoms. The molecule has 0 saturated heterocycles. The van der Waals surface area contributed by atoms with Crippen molar-refractivity contribution >= 4 is 19.7 Å². The van der Waals surface area contributed by atoms with Crippen molar-refractivity contribution in [3.8, 4) is 17.6 Å². The smallest absolute Gasteiger partial charge is 0.160 e. The Hall–Kier alpha value is -3.33. The van der Waals surface area contributed by atoms with Crippen LogP contribution in [0.15, 0.2) is 42.7 Å². The van der Waals surface area contributed by atoms with Crippen LogP contribution in [0.25, 0.3) is 6.08 Å². The highest BCUT2D eigenvalue weighted by atomic mass is 16.5. The molecule has 2 aromatic rings. The van der Waals surface area contributed by atoms with Gasteiger partial charge in [0, 0.05) is 25.5 Å². The molecule has 0 N–H and O–H groups in total. The molecule has 0 aliphatic rings. The Labute approximate surface area is 148 Å². The molecule has 0 amide bonds. The molecule has 134 valence electrons. The number of nitrogens with zero attached hydrogens (tertiary/aromatic N) is 2. The molecule has 0 aliphatic carbocycles. The largest absolute Gasteiger partial charge is 0.493 e. The van der Waals surface area contributed by atoms with E-state index in [-0.39, 0.29) is 0 Å². The monoisotopic (exact) mass is 344 g/mol. The minimum absolute atomic E-state index is 0.776. The first-order valence-corrected chi connectivity index (χ1v) is 7.05. The standard InChI is InChI=1S/C9H12O2.C8H8N2.2CH2O/c1-7-4-5-8(10-2)9(6-7)11-3;1-10-6-4-8(7-10)3-2-5-9;2*1-2/h4-6H,1-3H3;2-4,6-7H,1H3;2*1H2/b;3-2+;;. The lowest BCUT2D eigenvalue weighted by molar-refractivity contribution is -0.0987. The lowest BCUT2D eigenvalue weighted by Crippen LogP contribution is -1.90. The number of carbonyl (C=O) groups is 2. The van der Waals surface area contributed by atoms with Gasteiger partial charge >= 0.3 is 0 Å². The Morgan fingerprint density at radius 1 is 1.08 bits per heavy atom. The van der Waals surface area contributed by atoms with Crippen molar-refractivity contribution in [1.82, 2.24) is 4.57 Å². The Morgan fingerprint density at radius 2 is 1.68 bits per heavy atom. The van der Waals surface area contributed by atoms with Crippen molar-refractivity contribution in [3.63, 3.8) is 0 Å². The predicted molar refractivity (Wildman–Crippen MR) is 98.6 cm³/mol. The summed E-state index contributed by atoms with van der Waals surface area (Å²) in [4.78, 5) is 16.0. The molecule has 1 aromatic heterocycles. The highest BCUT2D eigenvalue weighted by Crippen LogP contribution is 2.26. The van der Waals surface area contributed by atoms with Crippen LogP contribution in [0.2, 0.25) is 0 Å². The Balaban J connectivity index is 0. The second kappa shape index (κ2) is 15.6. The third-order valence-electron chi connectivity index (χ3n) is 2.74. The normalized spacial score (nSPS) is 8.44. The van der Waals surface area contributed by atoms with Gasteiger partial charge in [0.05, 0.1) is 20.3 Å². The molecule has 2 rings (SSSR count). The molecule has 0 spiro atoms. The molecule has 0 saturated carbocycles. The van der Waals surface area contributed by atoms with E-state index in [1.54, 1.807) is 20.3 Å². The average Bonchev–Trinajstić information content (AvgIpc) is 3.09. The van der Waals surface area contributed by atoms with Crippen molar-refractivity contribution in [1.29, 1.82) is 5.26 Å². The van der Waals surface area contributed by atoms with Crippen LogP contribution in [0, 0.1) is 18.3 Å². The van der Waals surface area contributed by atoms with Crippen molar-refractivity contribution < 1.29 is 19.1 Å². The quantitative estimate of drug-likeness (QED) is 0.799. The number of hydrogen-bond acceptors (Lipinski definition) is 5. The van der Waals surface area contributed by atoms with Crippen LogP contribution in [0.3, 0.4) is 0 Å². The van der Waals surface area contributed by atoms with Gasteiger partial charge in [-0.05, 0) is 42.3 Å². The van der Waals surface area contributed by atoms with Crippen molar-refractivity contribution in [2.45, 2.75) is 6.92 Å². The summed E-state index contributed by atoms with van der Waals surface area (Å²) >= 11 is 0. The lowest BCUT2D eigenvalue weighted by Gasteiger charge is -2.06. The number of ether oxygens (including phenoxy) is 2. The number of carbonyl (C=O) groups excluding carboxylic acids is 2. The van der Waals surface area contributed by atoms with Crippen molar-refractivity contribution in [2.75, 3.05) is 14.2 Å². The zero-order valence-corrected chi connectivity index (χ0v) is 15.1. The predicted octanol–water partition coefficient (Wildman–Crippen LogP) is 3.20. The van der Waals surface area contributed by atoms with Gasteiger partial charge in [-0.3, -0.25) is 0 Å². The first-order valence-electron chi connectivity index (χ1n) is 7.05. The maximum Gasteiger partial charge on any atom is 0.160 e. The van der Waals surface area contributed by atoms with Crippen LogP contribution in [-0.4, -0.2) is 32.4 Å². The molecule has 0 radical (unpaired) electrons. The van der Waals surface area contributed by atoms with Gasteiger partial charge in [0.15, 0.2) is 11.5 Å². The number of hydrogen-bond donors (Lipinski definition) is 0. The summed E-state index contributed by atoms with van der Waals surface area (Å²) < 4.78 is 12.1. The second-order valence-electron chi connectivity index (χ2n) is 4.43. The third kappa shape index (κ3) is 10.1. The third-order valence-corrected chi connectivity index (χ3v) is 2.74. The molecule has 25 heavy (non-hydrogen) atoms. The van der Waals surface area contributed by atoms with Crippen LogP contribution in [-0.2, 0) is 16.6 Å². The molecular weight excluding hydrogens is 320 g/mol. The fraction of sp³-hybridized carbons (Fsp3) is 0.211. The van der Waals surface area contributed by atoms with Crippen molar-refractivity contribution in [3.05, 3.63) is 53.9 Å². The summed E-state index contributed by atoms with van der Waals surface area (Å²) in [6.07, 6.45) is 7.14. The maximum atomic E-state index is 8.19. The minimum Gasteiger partial charge on any atom is -0.493 e. The number of rotatable bonds is 3. The molecule has 6 heteroatoms. The fourth-order valence-electron chi connectivity index (χ4n) is 1.70. The fourth-order valence-corrected chi connectivity index (χ4v) is 1.70. The molecule has 0 unspecified atom stereocenters. The van der Waals surface area contributed by atoms with Crippen molar-refractivity contribution in [2.24, 2.45) is 7.05 Å². The van der Waals surface area contributed by atoms with Gasteiger partial charge in [0.2, 0.25) is 0 Å². The van der Waals surface area contributed by atoms with Gasteiger partial charge in [-0.2, -0.15) is 5.26 Å². The van der Waals surface area contributed by atoms with E-state index in [0.29, 0.717) is 0 Å². The number of aromatic nitrogens is 1. The Kier molecular flexibility index (Phi) is 14.9. The minimum atomic E-state index is 0.776. The second-order valence-corrected chi connectivity index (χ2v) is 4.43. The summed E-state index contributed by atoms with van der Waals surface area (Å²) in [7, 11) is 5.22. The molecule has 0 atom stereocenters. The Bertz CT molecular complexity index is 670. The summed E-state index contributed by atoms with van der Waals surface area (Å²) in [6.45, 7) is 6.02. The number of allylic oxidation sites excluding steroid dienone is 1. The van der Waals surface area contributed by atoms with E-state index in [1.165, 1.54) is 11.6 Å². The van der Waals surface area contributed by atoms with E-state index in [9.17, 15) is 0 Å². The number of aryl methyl sites for hydroxylation is 2. The highest BCUT2D eigenvalue weighted by molar-refractivity contribution is 5.50. The SMILES string of the molecule is C=O.C=O.COc1ccc(C)cc1OC.Cn1ccc(/C=C/C#N)c1. The number of methoxy groups -OCH3 is 2. The van der Waals surface area contributed by atoms with Gasteiger partial charge in [-0.1, -0.05) is 6.07 Å². The van der Waals surface area contributed by atoms with Crippen LogP contribution in [0.5, 0.6) is 11.5 Å². The van der Waals surface area contributed by atoms with Gasteiger partial charge in [-0.25, -0.2) is 0 Å². The van der Waals surface area contributed by atoms with E-state index < -0.39 is 0 Å². The Morgan fingerprint density at radius 3 is 2.12 bits per heavy atom. The maximum absolute atomic E-state index is 8.19. The summed E-state index contributed by atoms with van der Waals surface area (Å²) in [5.41, 5.74) is 2.23. The van der Waals surface area contributed by atoms with E-state index in [1.807, 2.05) is 74.8 Å². The molecule has 1 aromatic carbocycles. The van der Waals surface area contributed by atoms with Gasteiger partial charge in [0.1, 0.15) is 13.6 Å². The number of nitriles is 1. The zero-order valence-electron chi connectivity index (χ0n) is 15.1. The molecule has 6 nitrogen and oxygen atoms in total. The van der Waals surface area contributed by atoms with Crippen LogP contribution < -0.4 is 9.47 Å².